The zero-order chi connectivity index (χ0) is 14.3. The van der Waals surface area contributed by atoms with Crippen molar-refractivity contribution in [2.24, 2.45) is 5.92 Å². The van der Waals surface area contributed by atoms with Gasteiger partial charge in [-0.3, -0.25) is 9.59 Å². The lowest BCUT2D eigenvalue weighted by atomic mass is 9.91. The van der Waals surface area contributed by atoms with Gasteiger partial charge in [-0.1, -0.05) is 27.2 Å². The van der Waals surface area contributed by atoms with Crippen molar-refractivity contribution in [2.75, 3.05) is 5.32 Å². The van der Waals surface area contributed by atoms with E-state index in [1.807, 2.05) is 13.8 Å². The van der Waals surface area contributed by atoms with Crippen molar-refractivity contribution in [1.82, 2.24) is 0 Å². The average Bonchev–Trinajstić information content (AvgIpc) is 2.44. The third-order valence-corrected chi connectivity index (χ3v) is 3.28. The summed E-state index contributed by atoms with van der Waals surface area (Å²) in [6.07, 6.45) is 3.29. The molecule has 3 heteroatoms. The van der Waals surface area contributed by atoms with Crippen molar-refractivity contribution in [2.45, 2.75) is 46.5 Å². The molecule has 1 unspecified atom stereocenters. The average molecular weight is 261 g/mol. The summed E-state index contributed by atoms with van der Waals surface area (Å²) in [4.78, 5) is 23.5. The van der Waals surface area contributed by atoms with Crippen LogP contribution in [-0.4, -0.2) is 11.7 Å². The molecule has 0 saturated carbocycles. The van der Waals surface area contributed by atoms with E-state index in [1.54, 1.807) is 24.3 Å². The molecule has 1 N–H and O–H groups in total. The molecule has 1 amide bonds. The molecule has 3 nitrogen and oxygen atoms in total. The fourth-order valence-corrected chi connectivity index (χ4v) is 2.07. The van der Waals surface area contributed by atoms with E-state index in [0.29, 0.717) is 6.42 Å². The van der Waals surface area contributed by atoms with Gasteiger partial charge in [-0.25, -0.2) is 0 Å². The number of nitrogens with one attached hydrogen (secondary N) is 1. The maximum Gasteiger partial charge on any atom is 0.224 e. The summed E-state index contributed by atoms with van der Waals surface area (Å²) in [5.41, 5.74) is 1.47. The SMILES string of the molecule is CCCC(CC)C(=O)c1ccc(NC(=O)CC)cc1. The van der Waals surface area contributed by atoms with Crippen LogP contribution in [0.4, 0.5) is 5.69 Å². The van der Waals surface area contributed by atoms with Crippen molar-refractivity contribution < 1.29 is 9.59 Å². The molecule has 104 valence electrons. The van der Waals surface area contributed by atoms with Crippen molar-refractivity contribution in [3.8, 4) is 0 Å². The summed E-state index contributed by atoms with van der Waals surface area (Å²) >= 11 is 0. The van der Waals surface area contributed by atoms with Crippen LogP contribution in [0.3, 0.4) is 0 Å². The molecular weight excluding hydrogens is 238 g/mol. The summed E-state index contributed by atoms with van der Waals surface area (Å²) in [6, 6.07) is 7.18. The van der Waals surface area contributed by atoms with E-state index in [2.05, 4.69) is 12.2 Å². The molecule has 0 saturated heterocycles. The van der Waals surface area contributed by atoms with E-state index in [-0.39, 0.29) is 17.6 Å². The minimum atomic E-state index is -0.0171. The molecule has 0 aromatic heterocycles. The van der Waals surface area contributed by atoms with Gasteiger partial charge in [0.05, 0.1) is 0 Å². The zero-order valence-corrected chi connectivity index (χ0v) is 12.0. The number of anilines is 1. The number of hydrogen-bond acceptors (Lipinski definition) is 2. The Kier molecular flexibility index (Phi) is 6.26. The summed E-state index contributed by atoms with van der Waals surface area (Å²) < 4.78 is 0. The quantitative estimate of drug-likeness (QED) is 0.753. The Bertz CT molecular complexity index is 423. The van der Waals surface area contributed by atoms with Crippen LogP contribution in [0.5, 0.6) is 0 Å². The highest BCUT2D eigenvalue weighted by Crippen LogP contribution is 2.19. The lowest BCUT2D eigenvalue weighted by molar-refractivity contribution is -0.115. The Labute approximate surface area is 115 Å². The maximum absolute atomic E-state index is 12.3. The van der Waals surface area contributed by atoms with Crippen molar-refractivity contribution in [1.29, 1.82) is 0 Å². The van der Waals surface area contributed by atoms with E-state index in [0.717, 1.165) is 30.5 Å². The molecule has 0 heterocycles. The largest absolute Gasteiger partial charge is 0.326 e. The number of carbonyl (C=O) groups excluding carboxylic acids is 2. The Balaban J connectivity index is 2.74. The van der Waals surface area contributed by atoms with E-state index >= 15 is 0 Å². The Morgan fingerprint density at radius 3 is 2.21 bits per heavy atom. The summed E-state index contributed by atoms with van der Waals surface area (Å²) in [5, 5.41) is 2.78. The highest BCUT2D eigenvalue weighted by molar-refractivity contribution is 5.98. The number of carbonyl (C=O) groups is 2. The van der Waals surface area contributed by atoms with Crippen molar-refractivity contribution >= 4 is 17.4 Å². The van der Waals surface area contributed by atoms with Gasteiger partial charge < -0.3 is 5.32 Å². The molecule has 19 heavy (non-hydrogen) atoms. The molecule has 0 aliphatic heterocycles. The van der Waals surface area contributed by atoms with Crippen LogP contribution in [0.2, 0.25) is 0 Å². The lowest BCUT2D eigenvalue weighted by Gasteiger charge is -2.13. The van der Waals surface area contributed by atoms with Gasteiger partial charge in [0, 0.05) is 23.6 Å². The number of ketones is 1. The van der Waals surface area contributed by atoms with Crippen molar-refractivity contribution in [3.05, 3.63) is 29.8 Å². The van der Waals surface area contributed by atoms with Gasteiger partial charge in [-0.05, 0) is 37.1 Å². The Hall–Kier alpha value is -1.64. The second-order valence-electron chi connectivity index (χ2n) is 4.74. The van der Waals surface area contributed by atoms with Crippen LogP contribution >= 0.6 is 0 Å². The second kappa shape index (κ2) is 7.72. The normalized spacial score (nSPS) is 11.9. The molecule has 1 rings (SSSR count). The third-order valence-electron chi connectivity index (χ3n) is 3.28. The van der Waals surface area contributed by atoms with E-state index in [1.165, 1.54) is 0 Å². The highest BCUT2D eigenvalue weighted by Gasteiger charge is 2.17. The molecule has 0 fully saturated rings. The second-order valence-corrected chi connectivity index (χ2v) is 4.74. The highest BCUT2D eigenvalue weighted by atomic mass is 16.1. The topological polar surface area (TPSA) is 46.2 Å². The number of benzene rings is 1. The minimum absolute atomic E-state index is 0.0171. The molecule has 0 aliphatic rings. The van der Waals surface area contributed by atoms with Gasteiger partial charge in [0.15, 0.2) is 5.78 Å². The predicted molar refractivity (Wildman–Crippen MR) is 78.4 cm³/mol. The Morgan fingerprint density at radius 1 is 1.11 bits per heavy atom. The Morgan fingerprint density at radius 2 is 1.74 bits per heavy atom. The zero-order valence-electron chi connectivity index (χ0n) is 12.0. The fraction of sp³-hybridized carbons (Fsp3) is 0.500. The molecule has 1 atom stereocenters. The van der Waals surface area contributed by atoms with E-state index < -0.39 is 0 Å². The molecular formula is C16H23NO2. The molecule has 0 bridgehead atoms. The maximum atomic E-state index is 12.3. The predicted octanol–water partition coefficient (Wildman–Crippen LogP) is 4.04. The minimum Gasteiger partial charge on any atom is -0.326 e. The van der Waals surface area contributed by atoms with Gasteiger partial charge in [-0.15, -0.1) is 0 Å². The van der Waals surface area contributed by atoms with Crippen LogP contribution < -0.4 is 5.32 Å². The first kappa shape index (κ1) is 15.4. The molecule has 1 aromatic carbocycles. The monoisotopic (exact) mass is 261 g/mol. The molecule has 0 aliphatic carbocycles. The number of rotatable bonds is 7. The first-order valence-electron chi connectivity index (χ1n) is 7.06. The molecule has 0 spiro atoms. The number of Topliss-reactive ketones (excluding diaryl/α,β-unsaturated/α-hetero) is 1. The van der Waals surface area contributed by atoms with Gasteiger partial charge in [0.25, 0.3) is 0 Å². The summed E-state index contributed by atoms with van der Waals surface area (Å²) in [6.45, 7) is 5.96. The van der Waals surface area contributed by atoms with Gasteiger partial charge in [0.2, 0.25) is 5.91 Å². The van der Waals surface area contributed by atoms with Crippen LogP contribution in [0.1, 0.15) is 56.8 Å². The molecule has 1 aromatic rings. The fourth-order valence-electron chi connectivity index (χ4n) is 2.07. The number of amides is 1. The smallest absolute Gasteiger partial charge is 0.224 e. The van der Waals surface area contributed by atoms with Crippen molar-refractivity contribution in [3.63, 3.8) is 0 Å². The number of hydrogen-bond donors (Lipinski definition) is 1. The summed E-state index contributed by atoms with van der Waals surface area (Å²) in [7, 11) is 0. The van der Waals surface area contributed by atoms with Crippen LogP contribution in [0, 0.1) is 5.92 Å². The standard InChI is InChI=1S/C16H23NO2/c1-4-7-12(5-2)16(19)13-8-10-14(11-9-13)17-15(18)6-3/h8-12H,4-7H2,1-3H3,(H,17,18). The lowest BCUT2D eigenvalue weighted by Crippen LogP contribution is -2.14. The summed E-state index contributed by atoms with van der Waals surface area (Å²) in [5.74, 6) is 0.301. The third kappa shape index (κ3) is 4.51. The first-order chi connectivity index (χ1) is 9.12. The van der Waals surface area contributed by atoms with E-state index in [9.17, 15) is 9.59 Å². The van der Waals surface area contributed by atoms with Crippen LogP contribution in [0.25, 0.3) is 0 Å². The first-order valence-corrected chi connectivity index (χ1v) is 7.06. The van der Waals surface area contributed by atoms with Crippen LogP contribution in [-0.2, 0) is 4.79 Å². The van der Waals surface area contributed by atoms with Gasteiger partial charge >= 0.3 is 0 Å². The van der Waals surface area contributed by atoms with Gasteiger partial charge in [0.1, 0.15) is 0 Å². The van der Waals surface area contributed by atoms with Gasteiger partial charge in [-0.2, -0.15) is 0 Å². The van der Waals surface area contributed by atoms with Crippen LogP contribution in [0.15, 0.2) is 24.3 Å². The van der Waals surface area contributed by atoms with E-state index in [4.69, 9.17) is 0 Å². The molecule has 0 radical (unpaired) electrons.